The molecule has 0 bridgehead atoms. The van der Waals surface area contributed by atoms with Crippen molar-refractivity contribution in [1.82, 2.24) is 0 Å². The third kappa shape index (κ3) is 4.77. The van der Waals surface area contributed by atoms with E-state index >= 15 is 0 Å². The van der Waals surface area contributed by atoms with Gasteiger partial charge in [0.1, 0.15) is 0 Å². The van der Waals surface area contributed by atoms with Crippen LogP contribution >= 0.6 is 0 Å². The lowest BCUT2D eigenvalue weighted by atomic mass is 9.92. The van der Waals surface area contributed by atoms with Crippen LogP contribution in [0.1, 0.15) is 33.6 Å². The summed E-state index contributed by atoms with van der Waals surface area (Å²) in [4.78, 5) is 0. The predicted molar refractivity (Wildman–Crippen MR) is 41.8 cm³/mol. The molecule has 0 aliphatic rings. The lowest BCUT2D eigenvalue weighted by molar-refractivity contribution is 0.0149. The van der Waals surface area contributed by atoms with Crippen molar-refractivity contribution in [2.75, 3.05) is 6.61 Å². The lowest BCUT2D eigenvalue weighted by Crippen LogP contribution is -2.27. The lowest BCUT2D eigenvalue weighted by Gasteiger charge is -2.23. The zero-order chi connectivity index (χ0) is 8.20. The van der Waals surface area contributed by atoms with Crippen molar-refractivity contribution in [3.05, 3.63) is 0 Å². The summed E-state index contributed by atoms with van der Waals surface area (Å²) >= 11 is 0. The number of rotatable bonds is 4. The molecule has 0 saturated heterocycles. The molecule has 0 amide bonds. The quantitative estimate of drug-likeness (QED) is 0.625. The molecule has 0 spiro atoms. The molecule has 2 heteroatoms. The second-order valence-corrected chi connectivity index (χ2v) is 3.57. The summed E-state index contributed by atoms with van der Waals surface area (Å²) < 4.78 is 0. The van der Waals surface area contributed by atoms with E-state index in [9.17, 15) is 5.11 Å². The Labute approximate surface area is 62.9 Å². The SMILES string of the molecule is CC(C)CC(C)(O)CCO. The van der Waals surface area contributed by atoms with Gasteiger partial charge in [0.25, 0.3) is 0 Å². The highest BCUT2D eigenvalue weighted by Gasteiger charge is 2.20. The van der Waals surface area contributed by atoms with Crippen molar-refractivity contribution in [2.45, 2.75) is 39.2 Å². The molecule has 1 unspecified atom stereocenters. The smallest absolute Gasteiger partial charge is 0.0644 e. The van der Waals surface area contributed by atoms with Crippen LogP contribution in [0, 0.1) is 5.92 Å². The van der Waals surface area contributed by atoms with Crippen LogP contribution in [0.25, 0.3) is 0 Å². The molecule has 0 aromatic carbocycles. The molecule has 0 fully saturated rings. The second kappa shape index (κ2) is 3.94. The van der Waals surface area contributed by atoms with E-state index in [4.69, 9.17) is 5.11 Å². The molecule has 2 N–H and O–H groups in total. The Morgan fingerprint density at radius 3 is 2.20 bits per heavy atom. The van der Waals surface area contributed by atoms with Crippen molar-refractivity contribution in [3.8, 4) is 0 Å². The maximum atomic E-state index is 9.52. The largest absolute Gasteiger partial charge is 0.396 e. The maximum absolute atomic E-state index is 9.52. The van der Waals surface area contributed by atoms with Crippen LogP contribution in [0.3, 0.4) is 0 Å². The van der Waals surface area contributed by atoms with Crippen LogP contribution in [-0.2, 0) is 0 Å². The van der Waals surface area contributed by atoms with Gasteiger partial charge in [-0.05, 0) is 25.7 Å². The van der Waals surface area contributed by atoms with Crippen molar-refractivity contribution in [2.24, 2.45) is 5.92 Å². The summed E-state index contributed by atoms with van der Waals surface area (Å²) in [6.07, 6.45) is 1.23. The van der Waals surface area contributed by atoms with Crippen LogP contribution in [0.5, 0.6) is 0 Å². The van der Waals surface area contributed by atoms with E-state index in [0.29, 0.717) is 12.3 Å². The van der Waals surface area contributed by atoms with Crippen LogP contribution in [0.2, 0.25) is 0 Å². The molecule has 2 nitrogen and oxygen atoms in total. The molecule has 0 saturated carbocycles. The molecule has 0 aliphatic carbocycles. The number of hydrogen-bond donors (Lipinski definition) is 2. The number of aliphatic hydroxyl groups excluding tert-OH is 1. The van der Waals surface area contributed by atoms with Crippen LogP contribution in [-0.4, -0.2) is 22.4 Å². The van der Waals surface area contributed by atoms with Gasteiger partial charge in [-0.25, -0.2) is 0 Å². The first-order valence-electron chi connectivity index (χ1n) is 3.81. The Morgan fingerprint density at radius 2 is 1.90 bits per heavy atom. The van der Waals surface area contributed by atoms with E-state index < -0.39 is 5.60 Å². The van der Waals surface area contributed by atoms with Gasteiger partial charge in [-0.3, -0.25) is 0 Å². The first kappa shape index (κ1) is 9.92. The monoisotopic (exact) mass is 146 g/mol. The Bertz CT molecular complexity index is 87.3. The molecule has 0 rings (SSSR count). The minimum atomic E-state index is -0.678. The summed E-state index contributed by atoms with van der Waals surface area (Å²) in [6.45, 7) is 5.96. The fraction of sp³-hybridized carbons (Fsp3) is 1.00. The zero-order valence-electron chi connectivity index (χ0n) is 7.09. The fourth-order valence-corrected chi connectivity index (χ4v) is 1.22. The summed E-state index contributed by atoms with van der Waals surface area (Å²) in [5, 5.41) is 18.1. The van der Waals surface area contributed by atoms with Crippen molar-refractivity contribution in [1.29, 1.82) is 0 Å². The van der Waals surface area contributed by atoms with Gasteiger partial charge in [0, 0.05) is 6.61 Å². The van der Waals surface area contributed by atoms with Gasteiger partial charge in [-0.1, -0.05) is 13.8 Å². The molecule has 62 valence electrons. The standard InChI is InChI=1S/C8H18O2/c1-7(2)6-8(3,10)4-5-9/h7,9-10H,4-6H2,1-3H3. The van der Waals surface area contributed by atoms with Crippen molar-refractivity contribution < 1.29 is 10.2 Å². The van der Waals surface area contributed by atoms with E-state index in [0.717, 1.165) is 6.42 Å². The van der Waals surface area contributed by atoms with Crippen LogP contribution in [0.15, 0.2) is 0 Å². The van der Waals surface area contributed by atoms with Gasteiger partial charge in [0.05, 0.1) is 5.60 Å². The van der Waals surface area contributed by atoms with Gasteiger partial charge in [0.2, 0.25) is 0 Å². The molecule has 1 atom stereocenters. The fourth-order valence-electron chi connectivity index (χ4n) is 1.22. The van der Waals surface area contributed by atoms with E-state index in [-0.39, 0.29) is 6.61 Å². The van der Waals surface area contributed by atoms with E-state index in [1.54, 1.807) is 6.92 Å². The van der Waals surface area contributed by atoms with E-state index in [2.05, 4.69) is 13.8 Å². The molecule has 0 aromatic heterocycles. The summed E-state index contributed by atoms with van der Waals surface area (Å²) in [6, 6.07) is 0. The highest BCUT2D eigenvalue weighted by Crippen LogP contribution is 2.18. The molecule has 0 aromatic rings. The number of hydrogen-bond acceptors (Lipinski definition) is 2. The molecule has 10 heavy (non-hydrogen) atoms. The van der Waals surface area contributed by atoms with Gasteiger partial charge in [-0.15, -0.1) is 0 Å². The van der Waals surface area contributed by atoms with Gasteiger partial charge >= 0.3 is 0 Å². The highest BCUT2D eigenvalue weighted by atomic mass is 16.3. The molecular formula is C8H18O2. The van der Waals surface area contributed by atoms with Gasteiger partial charge in [0.15, 0.2) is 0 Å². The average molecular weight is 146 g/mol. The zero-order valence-corrected chi connectivity index (χ0v) is 7.09. The van der Waals surface area contributed by atoms with Crippen LogP contribution in [0.4, 0.5) is 0 Å². The first-order valence-corrected chi connectivity index (χ1v) is 3.81. The third-order valence-electron chi connectivity index (χ3n) is 1.50. The maximum Gasteiger partial charge on any atom is 0.0644 e. The van der Waals surface area contributed by atoms with Crippen molar-refractivity contribution in [3.63, 3.8) is 0 Å². The van der Waals surface area contributed by atoms with E-state index in [1.165, 1.54) is 0 Å². The molecular weight excluding hydrogens is 128 g/mol. The molecule has 0 heterocycles. The Morgan fingerprint density at radius 1 is 1.40 bits per heavy atom. The number of aliphatic hydroxyl groups is 2. The summed E-state index contributed by atoms with van der Waals surface area (Å²) in [7, 11) is 0. The molecule has 0 aliphatic heterocycles. The minimum absolute atomic E-state index is 0.0692. The van der Waals surface area contributed by atoms with Crippen molar-refractivity contribution >= 4 is 0 Å². The average Bonchev–Trinajstić information content (AvgIpc) is 1.59. The molecule has 0 radical (unpaired) electrons. The summed E-state index contributed by atoms with van der Waals surface area (Å²) in [5.74, 6) is 0.488. The Balaban J connectivity index is 3.63. The third-order valence-corrected chi connectivity index (χ3v) is 1.50. The Hall–Kier alpha value is -0.0800. The van der Waals surface area contributed by atoms with E-state index in [1.807, 2.05) is 0 Å². The summed E-state index contributed by atoms with van der Waals surface area (Å²) in [5.41, 5.74) is -0.678. The van der Waals surface area contributed by atoms with Gasteiger partial charge < -0.3 is 10.2 Å². The Kier molecular flexibility index (Phi) is 3.91. The second-order valence-electron chi connectivity index (χ2n) is 3.57. The normalized spacial score (nSPS) is 17.4. The predicted octanol–water partition coefficient (Wildman–Crippen LogP) is 1.17. The van der Waals surface area contributed by atoms with Gasteiger partial charge in [-0.2, -0.15) is 0 Å². The topological polar surface area (TPSA) is 40.5 Å². The first-order chi connectivity index (χ1) is 4.48. The highest BCUT2D eigenvalue weighted by molar-refractivity contribution is 4.72. The van der Waals surface area contributed by atoms with Crippen LogP contribution < -0.4 is 0 Å². The minimum Gasteiger partial charge on any atom is -0.396 e.